The summed E-state index contributed by atoms with van der Waals surface area (Å²) < 4.78 is 36.9. The standard InChI is InChI=1S/C20H19FN4O4S/c1-20(2,19(27)23-15-7-9-16(10-8-15)30(22,28)29)25-18(26)12-11-17(24-25)13-3-5-14(21)6-4-13/h3-12H,1-2H3,(H,23,27)(H2,22,28,29). The Balaban J connectivity index is 1.90. The molecular weight excluding hydrogens is 411 g/mol. The summed E-state index contributed by atoms with van der Waals surface area (Å²) in [5, 5.41) is 12.0. The molecule has 3 N–H and O–H groups in total. The lowest BCUT2D eigenvalue weighted by Gasteiger charge is -2.25. The molecule has 8 nitrogen and oxygen atoms in total. The summed E-state index contributed by atoms with van der Waals surface area (Å²) in [6.07, 6.45) is 0. The Bertz CT molecular complexity index is 1250. The Labute approximate surface area is 172 Å². The Morgan fingerprint density at radius 2 is 1.63 bits per heavy atom. The Hall–Kier alpha value is -3.37. The van der Waals surface area contributed by atoms with Crippen molar-refractivity contribution in [2.24, 2.45) is 5.14 Å². The minimum Gasteiger partial charge on any atom is -0.324 e. The van der Waals surface area contributed by atoms with Gasteiger partial charge in [0.25, 0.3) is 11.5 Å². The highest BCUT2D eigenvalue weighted by Gasteiger charge is 2.32. The maximum Gasteiger partial charge on any atom is 0.267 e. The number of nitrogens with two attached hydrogens (primary N) is 1. The average Bonchev–Trinajstić information content (AvgIpc) is 2.68. The zero-order valence-electron chi connectivity index (χ0n) is 16.2. The van der Waals surface area contributed by atoms with Gasteiger partial charge in [-0.05, 0) is 68.4 Å². The SMILES string of the molecule is CC(C)(C(=O)Nc1ccc(S(N)(=O)=O)cc1)n1nc(-c2ccc(F)cc2)ccc1=O. The van der Waals surface area contributed by atoms with Crippen molar-refractivity contribution in [1.82, 2.24) is 9.78 Å². The number of aromatic nitrogens is 2. The fourth-order valence-electron chi connectivity index (χ4n) is 2.69. The van der Waals surface area contributed by atoms with Gasteiger partial charge in [0.1, 0.15) is 11.4 Å². The molecule has 0 unspecified atom stereocenters. The van der Waals surface area contributed by atoms with Gasteiger partial charge in [-0.15, -0.1) is 0 Å². The van der Waals surface area contributed by atoms with Gasteiger partial charge in [0.05, 0.1) is 10.6 Å². The number of primary sulfonamides is 1. The highest BCUT2D eigenvalue weighted by molar-refractivity contribution is 7.89. The Morgan fingerprint density at radius 3 is 2.20 bits per heavy atom. The molecule has 0 aliphatic rings. The van der Waals surface area contributed by atoms with Gasteiger partial charge in [0.2, 0.25) is 10.0 Å². The fraction of sp³-hybridized carbons (Fsp3) is 0.150. The number of halogens is 1. The second-order valence-electron chi connectivity index (χ2n) is 7.06. The summed E-state index contributed by atoms with van der Waals surface area (Å²) in [7, 11) is -3.85. The maximum absolute atomic E-state index is 13.2. The number of nitrogens with zero attached hydrogens (tertiary/aromatic N) is 2. The van der Waals surface area contributed by atoms with Crippen LogP contribution in [0.25, 0.3) is 11.3 Å². The predicted molar refractivity (Wildman–Crippen MR) is 110 cm³/mol. The number of anilines is 1. The minimum absolute atomic E-state index is 0.0929. The van der Waals surface area contributed by atoms with Crippen LogP contribution in [0.3, 0.4) is 0 Å². The molecule has 0 fully saturated rings. The molecule has 0 aliphatic heterocycles. The van der Waals surface area contributed by atoms with Crippen LogP contribution in [0.15, 0.2) is 70.4 Å². The molecule has 3 aromatic rings. The number of rotatable bonds is 5. The topological polar surface area (TPSA) is 124 Å². The zero-order chi connectivity index (χ0) is 22.1. The number of hydrogen-bond donors (Lipinski definition) is 2. The highest BCUT2D eigenvalue weighted by atomic mass is 32.2. The third kappa shape index (κ3) is 4.44. The molecule has 2 aromatic carbocycles. The van der Waals surface area contributed by atoms with E-state index in [0.717, 1.165) is 4.68 Å². The lowest BCUT2D eigenvalue weighted by molar-refractivity contribution is -0.123. The number of amides is 1. The van der Waals surface area contributed by atoms with Crippen LogP contribution in [0.4, 0.5) is 10.1 Å². The third-order valence-electron chi connectivity index (χ3n) is 4.47. The van der Waals surface area contributed by atoms with Crippen molar-refractivity contribution in [3.8, 4) is 11.3 Å². The second-order valence-corrected chi connectivity index (χ2v) is 8.62. The van der Waals surface area contributed by atoms with E-state index in [2.05, 4.69) is 10.4 Å². The van der Waals surface area contributed by atoms with Gasteiger partial charge < -0.3 is 5.32 Å². The normalized spacial score (nSPS) is 11.9. The summed E-state index contributed by atoms with van der Waals surface area (Å²) in [5.74, 6) is -0.947. The monoisotopic (exact) mass is 430 g/mol. The molecule has 0 saturated heterocycles. The first kappa shape index (κ1) is 21.3. The van der Waals surface area contributed by atoms with Crippen molar-refractivity contribution in [2.75, 3.05) is 5.32 Å². The second kappa shape index (κ2) is 7.81. The molecule has 156 valence electrons. The summed E-state index contributed by atoms with van der Waals surface area (Å²) >= 11 is 0. The summed E-state index contributed by atoms with van der Waals surface area (Å²) in [5.41, 5.74) is -0.576. The van der Waals surface area contributed by atoms with Crippen LogP contribution in [-0.4, -0.2) is 24.1 Å². The zero-order valence-corrected chi connectivity index (χ0v) is 17.0. The van der Waals surface area contributed by atoms with Crippen LogP contribution in [0.2, 0.25) is 0 Å². The molecule has 1 aromatic heterocycles. The number of benzene rings is 2. The Morgan fingerprint density at radius 1 is 1.03 bits per heavy atom. The summed E-state index contributed by atoms with van der Waals surface area (Å²) in [6, 6.07) is 13.7. The average molecular weight is 430 g/mol. The molecular formula is C20H19FN4O4S. The van der Waals surface area contributed by atoms with Crippen molar-refractivity contribution in [1.29, 1.82) is 0 Å². The first-order valence-corrected chi connectivity index (χ1v) is 10.3. The van der Waals surface area contributed by atoms with Crippen molar-refractivity contribution in [2.45, 2.75) is 24.3 Å². The van der Waals surface area contributed by atoms with Crippen LogP contribution < -0.4 is 16.0 Å². The van der Waals surface area contributed by atoms with Crippen LogP contribution in [-0.2, 0) is 20.4 Å². The van der Waals surface area contributed by atoms with E-state index in [0.29, 0.717) is 16.9 Å². The molecule has 0 aliphatic carbocycles. The highest BCUT2D eigenvalue weighted by Crippen LogP contribution is 2.20. The van der Waals surface area contributed by atoms with E-state index in [-0.39, 0.29) is 4.90 Å². The first-order valence-electron chi connectivity index (χ1n) is 8.79. The van der Waals surface area contributed by atoms with Crippen molar-refractivity contribution < 1.29 is 17.6 Å². The molecule has 1 amide bonds. The van der Waals surface area contributed by atoms with Crippen LogP contribution in [0.1, 0.15) is 13.8 Å². The molecule has 0 atom stereocenters. The molecule has 1 heterocycles. The van der Waals surface area contributed by atoms with Crippen LogP contribution in [0, 0.1) is 5.82 Å². The van der Waals surface area contributed by atoms with Gasteiger partial charge in [-0.1, -0.05) is 0 Å². The van der Waals surface area contributed by atoms with Gasteiger partial charge >= 0.3 is 0 Å². The lowest BCUT2D eigenvalue weighted by Crippen LogP contribution is -2.47. The Kier molecular flexibility index (Phi) is 5.55. The minimum atomic E-state index is -3.85. The van der Waals surface area contributed by atoms with E-state index < -0.39 is 32.8 Å². The van der Waals surface area contributed by atoms with Gasteiger partial charge in [-0.2, -0.15) is 5.10 Å². The molecule has 0 bridgehead atoms. The molecule has 3 rings (SSSR count). The van der Waals surface area contributed by atoms with Gasteiger partial charge in [-0.25, -0.2) is 22.6 Å². The van der Waals surface area contributed by atoms with Gasteiger partial charge in [0, 0.05) is 17.3 Å². The number of hydrogen-bond acceptors (Lipinski definition) is 5. The molecule has 0 saturated carbocycles. The van der Waals surface area contributed by atoms with E-state index in [4.69, 9.17) is 5.14 Å². The maximum atomic E-state index is 13.2. The quantitative estimate of drug-likeness (QED) is 0.641. The first-order chi connectivity index (χ1) is 14.0. The largest absolute Gasteiger partial charge is 0.324 e. The molecule has 30 heavy (non-hydrogen) atoms. The van der Waals surface area contributed by atoms with E-state index in [9.17, 15) is 22.4 Å². The van der Waals surface area contributed by atoms with Crippen LogP contribution in [0.5, 0.6) is 0 Å². The number of carbonyl (C=O) groups excluding carboxylic acids is 1. The molecule has 0 spiro atoms. The predicted octanol–water partition coefficient (Wildman–Crippen LogP) is 2.07. The van der Waals surface area contributed by atoms with E-state index >= 15 is 0 Å². The number of nitrogens with one attached hydrogen (secondary N) is 1. The van der Waals surface area contributed by atoms with Gasteiger partial charge in [-0.3, -0.25) is 9.59 Å². The third-order valence-corrected chi connectivity index (χ3v) is 5.40. The molecule has 0 radical (unpaired) electrons. The van der Waals surface area contributed by atoms with Crippen molar-refractivity contribution >= 4 is 21.6 Å². The summed E-state index contributed by atoms with van der Waals surface area (Å²) in [4.78, 5) is 25.2. The number of carbonyl (C=O) groups is 1. The summed E-state index contributed by atoms with van der Waals surface area (Å²) in [6.45, 7) is 3.04. The van der Waals surface area contributed by atoms with Gasteiger partial charge in [0.15, 0.2) is 0 Å². The molecule has 10 heteroatoms. The lowest BCUT2D eigenvalue weighted by atomic mass is 10.0. The van der Waals surface area contributed by atoms with Crippen LogP contribution >= 0.6 is 0 Å². The van der Waals surface area contributed by atoms with E-state index in [1.165, 1.54) is 74.5 Å². The van der Waals surface area contributed by atoms with Crippen molar-refractivity contribution in [3.63, 3.8) is 0 Å². The van der Waals surface area contributed by atoms with E-state index in [1.54, 1.807) is 0 Å². The fourth-order valence-corrected chi connectivity index (χ4v) is 3.21. The van der Waals surface area contributed by atoms with Crippen molar-refractivity contribution in [3.05, 3.63) is 76.8 Å². The number of sulfonamides is 1. The smallest absolute Gasteiger partial charge is 0.267 e. The van der Waals surface area contributed by atoms with E-state index in [1.807, 2.05) is 0 Å².